The number of ether oxygens (including phenoxy) is 3. The number of aliphatic hydroxyl groups excluding tert-OH is 4. The number of esters is 1. The van der Waals surface area contributed by atoms with E-state index in [1.807, 2.05) is 56.0 Å². The predicted molar refractivity (Wildman–Crippen MR) is 232 cm³/mol. The lowest BCUT2D eigenvalue weighted by molar-refractivity contribution is -0.300. The van der Waals surface area contributed by atoms with Crippen LogP contribution in [0.25, 0.3) is 10.9 Å². The van der Waals surface area contributed by atoms with Crippen molar-refractivity contribution in [1.82, 2.24) is 25.8 Å². The monoisotopic (exact) mass is 890 g/mol. The molecule has 1 saturated carbocycles. The maximum Gasteiger partial charge on any atom is 0.332 e. The van der Waals surface area contributed by atoms with Gasteiger partial charge in [0.1, 0.15) is 48.9 Å². The Labute approximate surface area is 372 Å². The second-order valence-corrected chi connectivity index (χ2v) is 18.2. The second-order valence-electron chi connectivity index (χ2n) is 18.2. The molecule has 2 aliphatic heterocycles. The van der Waals surface area contributed by atoms with Gasteiger partial charge in [-0.05, 0) is 69.6 Å². The van der Waals surface area contributed by atoms with Crippen molar-refractivity contribution >= 4 is 40.5 Å². The van der Waals surface area contributed by atoms with E-state index in [2.05, 4.69) is 20.9 Å². The van der Waals surface area contributed by atoms with Crippen LogP contribution in [-0.2, 0) is 39.8 Å². The fraction of sp³-hybridized carbons (Fsp3) is 0.565. The highest BCUT2D eigenvalue weighted by molar-refractivity contribution is 5.99. The maximum atomic E-state index is 14.4. The summed E-state index contributed by atoms with van der Waals surface area (Å²) in [5, 5.41) is 50.3. The standard InChI is InChI=1S/C46H62N6O12/c1-46(2,3)51-44(61)34-20-28-14-7-8-15-29(28)22-52(34)23-35(63-38(55)25-62-45-41(58)40(57)39(56)36(24-53)64-45)32(19-26-11-5-4-6-12-26)49-43(60)33(21-37(47)54)50-42(59)31-18-17-27-13-9-10-16-30(27)48-31/h4-6,9-13,16-18,28-29,32-36,39-41,45,53,56-58H,7-8,14-15,19-25H2,1-3H3,(H2,47,54)(H,49,60)(H,50,59)(H,51,61)/t28-,29+,32-,33-,34-,35+,36+,39+,40-,41+,45+/m0/s1. The van der Waals surface area contributed by atoms with E-state index in [0.717, 1.165) is 36.6 Å². The minimum atomic E-state index is -1.78. The van der Waals surface area contributed by atoms with Crippen LogP contribution in [0.2, 0.25) is 0 Å². The average molecular weight is 891 g/mol. The van der Waals surface area contributed by atoms with Crippen molar-refractivity contribution in [1.29, 1.82) is 0 Å². The summed E-state index contributed by atoms with van der Waals surface area (Å²) in [5.74, 6) is -3.00. The summed E-state index contributed by atoms with van der Waals surface area (Å²) in [4.78, 5) is 74.9. The highest BCUT2D eigenvalue weighted by Gasteiger charge is 2.46. The van der Waals surface area contributed by atoms with Crippen LogP contribution in [0.3, 0.4) is 0 Å². The molecule has 2 saturated heterocycles. The van der Waals surface area contributed by atoms with Gasteiger partial charge in [-0.1, -0.05) is 73.9 Å². The molecule has 3 fully saturated rings. The van der Waals surface area contributed by atoms with Crippen LogP contribution in [0, 0.1) is 11.8 Å². The number of pyridine rings is 1. The minimum Gasteiger partial charge on any atom is -0.457 e. The normalized spacial score (nSPS) is 26.4. The fourth-order valence-electron chi connectivity index (χ4n) is 8.92. The van der Waals surface area contributed by atoms with Crippen molar-refractivity contribution in [2.45, 2.75) is 126 Å². The molecule has 18 nitrogen and oxygen atoms in total. The van der Waals surface area contributed by atoms with Gasteiger partial charge in [-0.25, -0.2) is 9.78 Å². The summed E-state index contributed by atoms with van der Waals surface area (Å²) < 4.78 is 17.2. The van der Waals surface area contributed by atoms with E-state index in [1.54, 1.807) is 30.3 Å². The third-order valence-corrected chi connectivity index (χ3v) is 12.1. The quantitative estimate of drug-likeness (QED) is 0.0857. The third kappa shape index (κ3) is 12.8. The molecule has 64 heavy (non-hydrogen) atoms. The van der Waals surface area contributed by atoms with Crippen molar-refractivity contribution in [2.75, 3.05) is 26.3 Å². The molecule has 9 N–H and O–H groups in total. The summed E-state index contributed by atoms with van der Waals surface area (Å²) in [6.45, 7) is 4.60. The summed E-state index contributed by atoms with van der Waals surface area (Å²) in [7, 11) is 0. The number of hydrogen-bond acceptors (Lipinski definition) is 14. The number of carbonyl (C=O) groups is 5. The molecule has 348 valence electrons. The number of hydrogen-bond donors (Lipinski definition) is 8. The Morgan fingerprint density at radius 3 is 2.31 bits per heavy atom. The molecule has 0 radical (unpaired) electrons. The highest BCUT2D eigenvalue weighted by atomic mass is 16.7. The Morgan fingerprint density at radius 2 is 1.61 bits per heavy atom. The van der Waals surface area contributed by atoms with Gasteiger partial charge >= 0.3 is 5.97 Å². The first-order chi connectivity index (χ1) is 30.5. The lowest BCUT2D eigenvalue weighted by Crippen LogP contribution is -2.62. The number of piperidine rings is 1. The first-order valence-electron chi connectivity index (χ1n) is 22.0. The minimum absolute atomic E-state index is 0.00120. The number of nitrogens with one attached hydrogen (secondary N) is 3. The van der Waals surface area contributed by atoms with Gasteiger partial charge in [0.2, 0.25) is 17.7 Å². The van der Waals surface area contributed by atoms with Gasteiger partial charge in [-0.3, -0.25) is 24.1 Å². The van der Waals surface area contributed by atoms with Gasteiger partial charge in [-0.15, -0.1) is 0 Å². The van der Waals surface area contributed by atoms with E-state index in [9.17, 15) is 44.4 Å². The summed E-state index contributed by atoms with van der Waals surface area (Å²) >= 11 is 0. The van der Waals surface area contributed by atoms with Crippen molar-refractivity contribution in [3.05, 3.63) is 78.0 Å². The summed E-state index contributed by atoms with van der Waals surface area (Å²) in [5.41, 5.74) is 6.34. The average Bonchev–Trinajstić information content (AvgIpc) is 3.26. The molecule has 1 aromatic heterocycles. The van der Waals surface area contributed by atoms with Crippen LogP contribution >= 0.6 is 0 Å². The largest absolute Gasteiger partial charge is 0.457 e. The Balaban J connectivity index is 1.31. The highest BCUT2D eigenvalue weighted by Crippen LogP contribution is 2.39. The zero-order valence-corrected chi connectivity index (χ0v) is 36.5. The molecule has 3 heterocycles. The first kappa shape index (κ1) is 48.4. The molecule has 0 bridgehead atoms. The van der Waals surface area contributed by atoms with E-state index < -0.39 is 104 Å². The van der Waals surface area contributed by atoms with Crippen LogP contribution in [0.5, 0.6) is 0 Å². The zero-order chi connectivity index (χ0) is 46.1. The van der Waals surface area contributed by atoms with Crippen LogP contribution in [0.15, 0.2) is 66.7 Å². The molecular formula is C46H62N6O12. The van der Waals surface area contributed by atoms with Gasteiger partial charge in [0.05, 0.1) is 30.6 Å². The number of amides is 4. The van der Waals surface area contributed by atoms with E-state index >= 15 is 0 Å². The van der Waals surface area contributed by atoms with Gasteiger partial charge < -0.3 is 56.3 Å². The number of rotatable bonds is 17. The lowest BCUT2D eigenvalue weighted by atomic mass is 9.72. The van der Waals surface area contributed by atoms with E-state index in [1.165, 1.54) is 6.07 Å². The van der Waals surface area contributed by atoms with Gasteiger partial charge in [0.25, 0.3) is 5.91 Å². The molecule has 6 rings (SSSR count). The molecule has 11 atom stereocenters. The van der Waals surface area contributed by atoms with Crippen LogP contribution < -0.4 is 21.7 Å². The number of likely N-dealkylation sites (tertiary alicyclic amines) is 1. The molecule has 4 amide bonds. The number of benzene rings is 2. The van der Waals surface area contributed by atoms with Crippen LogP contribution in [0.1, 0.15) is 75.3 Å². The molecule has 2 aromatic carbocycles. The maximum absolute atomic E-state index is 14.4. The molecule has 1 aliphatic carbocycles. The predicted octanol–water partition coefficient (Wildman–Crippen LogP) is 0.460. The van der Waals surface area contributed by atoms with Crippen molar-refractivity contribution in [3.63, 3.8) is 0 Å². The molecule has 18 heteroatoms. The first-order valence-corrected chi connectivity index (χ1v) is 22.0. The molecule has 0 spiro atoms. The van der Waals surface area contributed by atoms with E-state index in [0.29, 0.717) is 24.4 Å². The van der Waals surface area contributed by atoms with Gasteiger partial charge in [-0.2, -0.15) is 0 Å². The Bertz CT molecular complexity index is 2080. The second kappa shape index (κ2) is 21.7. The number of fused-ring (bicyclic) bond motifs is 2. The summed E-state index contributed by atoms with van der Waals surface area (Å²) in [6, 6.07) is 16.3. The van der Waals surface area contributed by atoms with Gasteiger partial charge in [0.15, 0.2) is 6.29 Å². The number of nitrogens with zero attached hydrogens (tertiary/aromatic N) is 2. The topological polar surface area (TPSA) is 272 Å². The third-order valence-electron chi connectivity index (χ3n) is 12.1. The van der Waals surface area contributed by atoms with Crippen molar-refractivity contribution in [3.8, 4) is 0 Å². The smallest absolute Gasteiger partial charge is 0.332 e. The SMILES string of the molecule is CC(C)(C)NC(=O)[C@@H]1C[C@@H]2CCCC[C@@H]2CN1C[C@@H](OC(=O)CO[C@@H]1O[C@H](CO)[C@@H](O)[C@H](O)[C@H]1O)[C@H](Cc1ccccc1)NC(=O)[C@H](CC(N)=O)NC(=O)c1ccc2ccccc2n1. The fourth-order valence-corrected chi connectivity index (χ4v) is 8.92. The number of aromatic nitrogens is 1. The van der Waals surface area contributed by atoms with Crippen LogP contribution in [-0.4, -0.2) is 147 Å². The zero-order valence-electron chi connectivity index (χ0n) is 36.5. The van der Waals surface area contributed by atoms with Crippen molar-refractivity contribution < 1.29 is 58.6 Å². The Kier molecular flexibility index (Phi) is 16.4. The van der Waals surface area contributed by atoms with E-state index in [-0.39, 0.29) is 30.5 Å². The lowest BCUT2D eigenvalue weighted by Gasteiger charge is -2.47. The molecule has 3 aliphatic rings. The number of aliphatic hydroxyl groups is 4. The van der Waals surface area contributed by atoms with E-state index in [4.69, 9.17) is 19.9 Å². The molecule has 3 aromatic rings. The number of nitrogens with two attached hydrogens (primary N) is 1. The summed E-state index contributed by atoms with van der Waals surface area (Å²) in [6.07, 6.45) is -5.20. The number of primary amides is 1. The number of para-hydroxylation sites is 1. The van der Waals surface area contributed by atoms with Gasteiger partial charge in [0, 0.05) is 24.0 Å². The number of carbonyl (C=O) groups excluding carboxylic acids is 5. The Hall–Kier alpha value is -5.08. The van der Waals surface area contributed by atoms with Crippen molar-refractivity contribution in [2.24, 2.45) is 17.6 Å². The Morgan fingerprint density at radius 1 is 0.906 bits per heavy atom. The van der Waals surface area contributed by atoms with Crippen LogP contribution in [0.4, 0.5) is 0 Å². The molecule has 0 unspecified atom stereocenters. The molecular weight excluding hydrogens is 829 g/mol.